The first-order valence-corrected chi connectivity index (χ1v) is 6.46. The Morgan fingerprint density at radius 3 is 2.89 bits per heavy atom. The molecule has 2 heterocycles. The molecule has 3 rings (SSSR count). The van der Waals surface area contributed by atoms with Crippen LogP contribution in [0.4, 0.5) is 0 Å². The molecule has 0 atom stereocenters. The number of ether oxygens (including phenoxy) is 1. The van der Waals surface area contributed by atoms with Crippen molar-refractivity contribution in [3.8, 4) is 34.3 Å². The Labute approximate surface area is 113 Å². The number of methoxy groups -OCH3 is 1. The van der Waals surface area contributed by atoms with E-state index >= 15 is 0 Å². The van der Waals surface area contributed by atoms with Crippen LogP contribution in [0.25, 0.3) is 22.8 Å². The van der Waals surface area contributed by atoms with Crippen molar-refractivity contribution in [2.24, 2.45) is 0 Å². The van der Waals surface area contributed by atoms with E-state index in [4.69, 9.17) is 9.26 Å². The summed E-state index contributed by atoms with van der Waals surface area (Å²) in [5.41, 5.74) is 1.38. The summed E-state index contributed by atoms with van der Waals surface area (Å²) >= 11 is 1.56. The van der Waals surface area contributed by atoms with Gasteiger partial charge in [0.1, 0.15) is 11.5 Å². The number of benzene rings is 1. The van der Waals surface area contributed by atoms with Gasteiger partial charge >= 0.3 is 0 Å². The number of hydrogen-bond donors (Lipinski definition) is 1. The number of nitrogens with zero attached hydrogens (tertiary/aromatic N) is 2. The van der Waals surface area contributed by atoms with Crippen LogP contribution < -0.4 is 4.74 Å². The van der Waals surface area contributed by atoms with Crippen LogP contribution >= 0.6 is 11.3 Å². The van der Waals surface area contributed by atoms with Crippen LogP contribution in [0.2, 0.25) is 0 Å². The number of aromatic nitrogens is 2. The van der Waals surface area contributed by atoms with Crippen LogP contribution in [-0.2, 0) is 0 Å². The molecule has 0 aliphatic rings. The second-order valence-electron chi connectivity index (χ2n) is 3.82. The Kier molecular flexibility index (Phi) is 2.92. The smallest absolute Gasteiger partial charge is 0.262 e. The maximum Gasteiger partial charge on any atom is 0.262 e. The molecular formula is C13H10N2O3S. The largest absolute Gasteiger partial charge is 0.507 e. The molecule has 96 valence electrons. The van der Waals surface area contributed by atoms with E-state index in [9.17, 15) is 5.11 Å². The summed E-state index contributed by atoms with van der Waals surface area (Å²) in [6.45, 7) is 0. The number of rotatable bonds is 3. The zero-order valence-electron chi connectivity index (χ0n) is 10.0. The summed E-state index contributed by atoms with van der Waals surface area (Å²) in [6, 6.07) is 6.82. The van der Waals surface area contributed by atoms with E-state index in [0.717, 1.165) is 5.56 Å². The standard InChI is InChI=1S/C13H10N2O3S/c1-17-9-2-3-10(11(16)6-9)13-14-12(15-18-13)8-4-5-19-7-8/h2-7,16H,1H3. The third-order valence-corrected chi connectivity index (χ3v) is 3.32. The van der Waals surface area contributed by atoms with Crippen molar-refractivity contribution in [3.63, 3.8) is 0 Å². The number of phenolic OH excluding ortho intramolecular Hbond substituents is 1. The lowest BCUT2D eigenvalue weighted by molar-refractivity contribution is 0.405. The molecule has 3 aromatic rings. The number of hydrogen-bond acceptors (Lipinski definition) is 6. The Morgan fingerprint density at radius 1 is 1.32 bits per heavy atom. The van der Waals surface area contributed by atoms with Gasteiger partial charge in [0, 0.05) is 17.0 Å². The van der Waals surface area contributed by atoms with Gasteiger partial charge in [0.2, 0.25) is 5.82 Å². The number of thiophene rings is 1. The lowest BCUT2D eigenvalue weighted by Crippen LogP contribution is -1.84. The van der Waals surface area contributed by atoms with E-state index in [-0.39, 0.29) is 11.6 Å². The van der Waals surface area contributed by atoms with E-state index < -0.39 is 0 Å². The average Bonchev–Trinajstić information content (AvgIpc) is 3.09. The maximum atomic E-state index is 9.91. The van der Waals surface area contributed by atoms with Gasteiger partial charge in [0.05, 0.1) is 12.7 Å². The highest BCUT2D eigenvalue weighted by atomic mass is 32.1. The third kappa shape index (κ3) is 2.17. The van der Waals surface area contributed by atoms with E-state index in [2.05, 4.69) is 10.1 Å². The third-order valence-electron chi connectivity index (χ3n) is 2.64. The topological polar surface area (TPSA) is 68.4 Å². The van der Waals surface area contributed by atoms with Crippen molar-refractivity contribution in [3.05, 3.63) is 35.0 Å². The molecule has 0 aliphatic heterocycles. The van der Waals surface area contributed by atoms with Gasteiger partial charge in [-0.15, -0.1) is 0 Å². The second-order valence-corrected chi connectivity index (χ2v) is 4.60. The van der Waals surface area contributed by atoms with Crippen LogP contribution in [0.3, 0.4) is 0 Å². The van der Waals surface area contributed by atoms with Crippen molar-refractivity contribution in [2.75, 3.05) is 7.11 Å². The lowest BCUT2D eigenvalue weighted by atomic mass is 10.2. The molecule has 0 radical (unpaired) electrons. The Balaban J connectivity index is 1.99. The molecule has 19 heavy (non-hydrogen) atoms. The zero-order valence-corrected chi connectivity index (χ0v) is 10.8. The molecule has 0 bridgehead atoms. The first-order valence-electron chi connectivity index (χ1n) is 5.51. The van der Waals surface area contributed by atoms with Gasteiger partial charge in [-0.25, -0.2) is 0 Å². The minimum Gasteiger partial charge on any atom is -0.507 e. The Hall–Kier alpha value is -2.34. The van der Waals surface area contributed by atoms with E-state index in [1.165, 1.54) is 13.2 Å². The fourth-order valence-electron chi connectivity index (χ4n) is 1.66. The molecule has 0 spiro atoms. The van der Waals surface area contributed by atoms with Crippen molar-refractivity contribution >= 4 is 11.3 Å². The maximum absolute atomic E-state index is 9.91. The van der Waals surface area contributed by atoms with Crippen molar-refractivity contribution in [1.82, 2.24) is 10.1 Å². The zero-order chi connectivity index (χ0) is 13.2. The van der Waals surface area contributed by atoms with E-state index in [0.29, 0.717) is 17.1 Å². The molecule has 5 nitrogen and oxygen atoms in total. The first kappa shape index (κ1) is 11.7. The minimum absolute atomic E-state index is 0.0415. The number of aromatic hydroxyl groups is 1. The average molecular weight is 274 g/mol. The summed E-state index contributed by atoms with van der Waals surface area (Å²) in [5.74, 6) is 1.39. The fraction of sp³-hybridized carbons (Fsp3) is 0.0769. The Morgan fingerprint density at radius 2 is 2.21 bits per heavy atom. The molecule has 0 aliphatic carbocycles. The molecular weight excluding hydrogens is 264 g/mol. The highest BCUT2D eigenvalue weighted by Gasteiger charge is 2.14. The highest BCUT2D eigenvalue weighted by molar-refractivity contribution is 7.08. The van der Waals surface area contributed by atoms with E-state index in [1.54, 1.807) is 23.5 Å². The summed E-state index contributed by atoms with van der Waals surface area (Å²) in [7, 11) is 1.54. The van der Waals surface area contributed by atoms with Crippen LogP contribution in [0.15, 0.2) is 39.5 Å². The van der Waals surface area contributed by atoms with E-state index in [1.807, 2.05) is 16.8 Å². The van der Waals surface area contributed by atoms with Gasteiger partial charge < -0.3 is 14.4 Å². The van der Waals surface area contributed by atoms with Crippen molar-refractivity contribution in [1.29, 1.82) is 0 Å². The molecule has 1 aromatic carbocycles. The Bertz CT molecular complexity index is 692. The normalized spacial score (nSPS) is 10.6. The SMILES string of the molecule is COc1ccc(-c2nc(-c3ccsc3)no2)c(O)c1. The van der Waals surface area contributed by atoms with Gasteiger partial charge in [0.15, 0.2) is 0 Å². The first-order chi connectivity index (χ1) is 9.28. The summed E-state index contributed by atoms with van der Waals surface area (Å²) < 4.78 is 10.2. The van der Waals surface area contributed by atoms with Gasteiger partial charge in [-0.2, -0.15) is 16.3 Å². The van der Waals surface area contributed by atoms with Gasteiger partial charge in [0.25, 0.3) is 5.89 Å². The van der Waals surface area contributed by atoms with Gasteiger partial charge in [-0.05, 0) is 23.6 Å². The molecule has 0 unspecified atom stereocenters. The molecule has 0 amide bonds. The summed E-state index contributed by atoms with van der Waals surface area (Å²) in [4.78, 5) is 4.27. The predicted molar refractivity (Wildman–Crippen MR) is 71.3 cm³/mol. The van der Waals surface area contributed by atoms with Crippen molar-refractivity contribution in [2.45, 2.75) is 0 Å². The highest BCUT2D eigenvalue weighted by Crippen LogP contribution is 2.32. The predicted octanol–water partition coefficient (Wildman–Crippen LogP) is 3.18. The summed E-state index contributed by atoms with van der Waals surface area (Å²) in [5, 5.41) is 17.7. The molecule has 6 heteroatoms. The monoisotopic (exact) mass is 274 g/mol. The van der Waals surface area contributed by atoms with Crippen LogP contribution in [0.5, 0.6) is 11.5 Å². The minimum atomic E-state index is 0.0415. The number of phenols is 1. The van der Waals surface area contributed by atoms with Crippen LogP contribution in [0, 0.1) is 0 Å². The van der Waals surface area contributed by atoms with Gasteiger partial charge in [-0.3, -0.25) is 0 Å². The van der Waals surface area contributed by atoms with Gasteiger partial charge in [-0.1, -0.05) is 5.16 Å². The molecule has 1 N–H and O–H groups in total. The molecule has 0 saturated carbocycles. The molecule has 0 fully saturated rings. The van der Waals surface area contributed by atoms with Crippen LogP contribution in [-0.4, -0.2) is 22.4 Å². The van der Waals surface area contributed by atoms with Crippen LogP contribution in [0.1, 0.15) is 0 Å². The van der Waals surface area contributed by atoms with Crippen molar-refractivity contribution < 1.29 is 14.4 Å². The molecule has 0 saturated heterocycles. The second kappa shape index (κ2) is 4.74. The summed E-state index contributed by atoms with van der Waals surface area (Å²) in [6.07, 6.45) is 0. The quantitative estimate of drug-likeness (QED) is 0.794. The lowest BCUT2D eigenvalue weighted by Gasteiger charge is -2.02. The fourth-order valence-corrected chi connectivity index (χ4v) is 2.30. The molecule has 2 aromatic heterocycles.